The highest BCUT2D eigenvalue weighted by Gasteiger charge is 2.28. The average molecular weight is 392 g/mol. The molecule has 3 rings (SSSR count). The van der Waals surface area contributed by atoms with E-state index in [0.717, 1.165) is 4.90 Å². The van der Waals surface area contributed by atoms with Crippen LogP contribution in [0.1, 0.15) is 22.0 Å². The number of nitrogens with zero attached hydrogens (tertiary/aromatic N) is 2. The average Bonchev–Trinajstić information content (AvgIpc) is 2.73. The molecule has 3 aromatic rings. The molecule has 28 heavy (non-hydrogen) atoms. The molecule has 0 N–H and O–H groups in total. The molecule has 0 spiro atoms. The Morgan fingerprint density at radius 3 is 2.21 bits per heavy atom. The zero-order valence-corrected chi connectivity index (χ0v) is 16.4. The lowest BCUT2D eigenvalue weighted by Gasteiger charge is -2.21. The van der Waals surface area contributed by atoms with Crippen LogP contribution in [0, 0.1) is 0 Å². The van der Waals surface area contributed by atoms with Gasteiger partial charge in [-0.05, 0) is 24.3 Å². The molecule has 0 saturated carbocycles. The molecule has 6 heteroatoms. The smallest absolute Gasteiger partial charge is 0.342 e. The minimum absolute atomic E-state index is 0.305. The van der Waals surface area contributed by atoms with Crippen molar-refractivity contribution in [2.45, 2.75) is 16.0 Å². The number of aromatic nitrogens is 1. The summed E-state index contributed by atoms with van der Waals surface area (Å²) in [5.74, 6) is -0.892. The summed E-state index contributed by atoms with van der Waals surface area (Å²) in [7, 11) is 3.26. The molecule has 142 valence electrons. The number of rotatable bonds is 6. The highest BCUT2D eigenvalue weighted by molar-refractivity contribution is 7.99. The third-order valence-electron chi connectivity index (χ3n) is 3.94. The molecule has 0 aliphatic rings. The molecule has 0 fully saturated rings. The molecular formula is C22H20N2O3S. The van der Waals surface area contributed by atoms with Gasteiger partial charge >= 0.3 is 5.97 Å². The van der Waals surface area contributed by atoms with E-state index in [1.165, 1.54) is 16.7 Å². The molecule has 0 unspecified atom stereocenters. The largest absolute Gasteiger partial charge is 0.444 e. The fourth-order valence-electron chi connectivity index (χ4n) is 2.52. The summed E-state index contributed by atoms with van der Waals surface area (Å²) in [5, 5.41) is 0.530. The van der Waals surface area contributed by atoms with Gasteiger partial charge in [-0.15, -0.1) is 0 Å². The quantitative estimate of drug-likeness (QED) is 0.588. The first kappa shape index (κ1) is 19.6. The second-order valence-electron chi connectivity index (χ2n) is 6.20. The predicted octanol–water partition coefficient (Wildman–Crippen LogP) is 4.22. The van der Waals surface area contributed by atoms with E-state index >= 15 is 0 Å². The number of likely N-dealkylation sites (N-methyl/N-ethyl adjacent to an activating group) is 1. The van der Waals surface area contributed by atoms with E-state index in [4.69, 9.17) is 4.74 Å². The van der Waals surface area contributed by atoms with Crippen LogP contribution in [0.4, 0.5) is 0 Å². The number of carbonyl (C=O) groups is 2. The lowest BCUT2D eigenvalue weighted by molar-refractivity contribution is -0.138. The van der Waals surface area contributed by atoms with Crippen molar-refractivity contribution < 1.29 is 14.3 Å². The molecule has 0 radical (unpaired) electrons. The third-order valence-corrected chi connectivity index (χ3v) is 4.97. The van der Waals surface area contributed by atoms with Crippen molar-refractivity contribution in [3.05, 3.63) is 90.1 Å². The standard InChI is InChI=1S/C22H20N2O3S/c1-24(2)21(25)19(16-10-5-3-6-11-16)27-22(26)18-14-9-15-23-20(18)28-17-12-7-4-8-13-17/h3-15,19H,1-2H3/t19-/m1/s1. The Bertz CT molecular complexity index is 946. The van der Waals surface area contributed by atoms with Gasteiger partial charge in [-0.1, -0.05) is 60.3 Å². The fourth-order valence-corrected chi connectivity index (χ4v) is 3.41. The van der Waals surface area contributed by atoms with Crippen LogP contribution in [0.2, 0.25) is 0 Å². The second kappa shape index (κ2) is 9.19. The van der Waals surface area contributed by atoms with E-state index < -0.39 is 12.1 Å². The first-order chi connectivity index (χ1) is 13.6. The zero-order valence-electron chi connectivity index (χ0n) is 15.6. The van der Waals surface area contributed by atoms with Gasteiger partial charge in [-0.2, -0.15) is 0 Å². The van der Waals surface area contributed by atoms with Gasteiger partial charge in [0.2, 0.25) is 6.10 Å². The van der Waals surface area contributed by atoms with Crippen LogP contribution in [0.3, 0.4) is 0 Å². The summed E-state index contributed by atoms with van der Waals surface area (Å²) in [5.41, 5.74) is 0.944. The van der Waals surface area contributed by atoms with Crippen LogP contribution >= 0.6 is 11.8 Å². The Kier molecular flexibility index (Phi) is 6.45. The highest BCUT2D eigenvalue weighted by Crippen LogP contribution is 2.30. The Morgan fingerprint density at radius 2 is 1.57 bits per heavy atom. The van der Waals surface area contributed by atoms with Crippen molar-refractivity contribution in [1.82, 2.24) is 9.88 Å². The fraction of sp³-hybridized carbons (Fsp3) is 0.136. The van der Waals surface area contributed by atoms with E-state index in [2.05, 4.69) is 4.98 Å². The van der Waals surface area contributed by atoms with Crippen molar-refractivity contribution in [1.29, 1.82) is 0 Å². The zero-order chi connectivity index (χ0) is 19.9. The van der Waals surface area contributed by atoms with Crippen molar-refractivity contribution in [2.75, 3.05) is 14.1 Å². The van der Waals surface area contributed by atoms with Gasteiger partial charge in [0.05, 0.1) is 5.56 Å². The van der Waals surface area contributed by atoms with E-state index in [-0.39, 0.29) is 5.91 Å². The Balaban J connectivity index is 1.87. The van der Waals surface area contributed by atoms with Crippen LogP contribution in [0.25, 0.3) is 0 Å². The van der Waals surface area contributed by atoms with Gasteiger partial charge < -0.3 is 9.64 Å². The summed E-state index contributed by atoms with van der Waals surface area (Å²) >= 11 is 1.37. The monoisotopic (exact) mass is 392 g/mol. The van der Waals surface area contributed by atoms with E-state index in [9.17, 15) is 9.59 Å². The van der Waals surface area contributed by atoms with E-state index in [1.54, 1.807) is 56.7 Å². The topological polar surface area (TPSA) is 59.5 Å². The SMILES string of the molecule is CN(C)C(=O)[C@H](OC(=O)c1cccnc1Sc1ccccc1)c1ccccc1. The van der Waals surface area contributed by atoms with Crippen LogP contribution < -0.4 is 0 Å². The maximum atomic E-state index is 12.9. The Labute approximate surface area is 168 Å². The minimum Gasteiger partial charge on any atom is -0.444 e. The molecule has 0 aliphatic heterocycles. The van der Waals surface area contributed by atoms with E-state index in [1.807, 2.05) is 36.4 Å². The molecule has 0 aliphatic carbocycles. The molecule has 2 aromatic carbocycles. The van der Waals surface area contributed by atoms with Crippen LogP contribution in [0.5, 0.6) is 0 Å². The number of pyridine rings is 1. The minimum atomic E-state index is -1.02. The van der Waals surface area contributed by atoms with Crippen LogP contribution in [-0.2, 0) is 9.53 Å². The van der Waals surface area contributed by atoms with Crippen molar-refractivity contribution >= 4 is 23.6 Å². The maximum absolute atomic E-state index is 12.9. The van der Waals surface area contributed by atoms with Crippen LogP contribution in [-0.4, -0.2) is 35.9 Å². The number of benzene rings is 2. The van der Waals surface area contributed by atoms with Gasteiger partial charge in [0.25, 0.3) is 5.91 Å². The summed E-state index contributed by atoms with van der Waals surface area (Å²) < 4.78 is 5.64. The Morgan fingerprint density at radius 1 is 0.929 bits per heavy atom. The molecule has 0 bridgehead atoms. The number of carbonyl (C=O) groups excluding carboxylic acids is 2. The molecule has 1 amide bonds. The van der Waals surface area contributed by atoms with Crippen LogP contribution in [0.15, 0.2) is 88.9 Å². The molecule has 0 saturated heterocycles. The van der Waals surface area contributed by atoms with Crippen molar-refractivity contribution in [3.63, 3.8) is 0 Å². The highest BCUT2D eigenvalue weighted by atomic mass is 32.2. The number of hydrogen-bond acceptors (Lipinski definition) is 5. The molecule has 1 heterocycles. The van der Waals surface area contributed by atoms with Crippen molar-refractivity contribution in [3.8, 4) is 0 Å². The molecular weight excluding hydrogens is 372 g/mol. The predicted molar refractivity (Wildman–Crippen MR) is 108 cm³/mol. The lowest BCUT2D eigenvalue weighted by atomic mass is 10.1. The van der Waals surface area contributed by atoms with Gasteiger partial charge in [-0.3, -0.25) is 4.79 Å². The first-order valence-electron chi connectivity index (χ1n) is 8.71. The van der Waals surface area contributed by atoms with Gasteiger partial charge in [0, 0.05) is 30.8 Å². The number of esters is 1. The summed E-state index contributed by atoms with van der Waals surface area (Å²) in [6, 6.07) is 22.0. The number of ether oxygens (including phenoxy) is 1. The maximum Gasteiger partial charge on any atom is 0.342 e. The van der Waals surface area contributed by atoms with Gasteiger partial charge in [-0.25, -0.2) is 9.78 Å². The molecule has 1 aromatic heterocycles. The van der Waals surface area contributed by atoms with Gasteiger partial charge in [0.1, 0.15) is 5.03 Å². The third kappa shape index (κ3) is 4.78. The summed E-state index contributed by atoms with van der Waals surface area (Å²) in [6.45, 7) is 0. The molecule has 1 atom stereocenters. The van der Waals surface area contributed by atoms with Crippen molar-refractivity contribution in [2.24, 2.45) is 0 Å². The number of amides is 1. The second-order valence-corrected chi connectivity index (χ2v) is 7.26. The lowest BCUT2D eigenvalue weighted by Crippen LogP contribution is -2.31. The Hall–Kier alpha value is -3.12. The summed E-state index contributed by atoms with van der Waals surface area (Å²) in [4.78, 5) is 32.2. The van der Waals surface area contributed by atoms with Gasteiger partial charge in [0.15, 0.2) is 0 Å². The number of hydrogen-bond donors (Lipinski definition) is 0. The molecule has 5 nitrogen and oxygen atoms in total. The summed E-state index contributed by atoms with van der Waals surface area (Å²) in [6.07, 6.45) is 0.611. The first-order valence-corrected chi connectivity index (χ1v) is 9.53. The van der Waals surface area contributed by atoms with E-state index in [0.29, 0.717) is 16.2 Å². The normalized spacial score (nSPS) is 11.5.